The molecule has 0 unspecified atom stereocenters. The largest absolute Gasteiger partial charge is 0.395 e. The van der Waals surface area contributed by atoms with Crippen LogP contribution >= 0.6 is 0 Å². The first-order valence-electron chi connectivity index (χ1n) is 5.58. The molecule has 2 aromatic rings. The van der Waals surface area contributed by atoms with Gasteiger partial charge in [0.05, 0.1) is 11.4 Å². The molecule has 0 spiro atoms. The highest BCUT2D eigenvalue weighted by Crippen LogP contribution is 2.13. The molecule has 0 saturated heterocycles. The minimum atomic E-state index is -0.317. The lowest BCUT2D eigenvalue weighted by atomic mass is 10.2. The normalized spacial score (nSPS) is 10.5. The lowest BCUT2D eigenvalue weighted by Crippen LogP contribution is -2.26. The number of carbonyl (C=O) groups excluding carboxylic acids is 1. The zero-order valence-electron chi connectivity index (χ0n) is 9.93. The molecule has 2 heterocycles. The van der Waals surface area contributed by atoms with Gasteiger partial charge in [0.25, 0.3) is 5.91 Å². The van der Waals surface area contributed by atoms with Gasteiger partial charge in [-0.15, -0.1) is 0 Å². The molecule has 0 saturated carbocycles. The van der Waals surface area contributed by atoms with E-state index in [2.05, 4.69) is 25.7 Å². The van der Waals surface area contributed by atoms with Gasteiger partial charge in [0.15, 0.2) is 12.0 Å². The van der Waals surface area contributed by atoms with Gasteiger partial charge >= 0.3 is 0 Å². The molecule has 0 radical (unpaired) electrons. The van der Waals surface area contributed by atoms with Crippen molar-refractivity contribution in [3.8, 4) is 0 Å². The molecule has 0 fully saturated rings. The number of carbonyl (C=O) groups is 1. The van der Waals surface area contributed by atoms with E-state index in [1.54, 1.807) is 0 Å². The summed E-state index contributed by atoms with van der Waals surface area (Å²) in [6.45, 7) is 2.32. The summed E-state index contributed by atoms with van der Waals surface area (Å²) in [5.74, 6) is 0.155. The molecule has 0 atom stereocenters. The van der Waals surface area contributed by atoms with Crippen LogP contribution in [-0.4, -0.2) is 32.8 Å². The van der Waals surface area contributed by atoms with E-state index in [-0.39, 0.29) is 11.6 Å². The van der Waals surface area contributed by atoms with Crippen LogP contribution in [0, 0.1) is 0 Å². The number of nitrogens with zero attached hydrogens (tertiary/aromatic N) is 3. The highest BCUT2D eigenvalue weighted by atomic mass is 16.5. The van der Waals surface area contributed by atoms with Crippen LogP contribution in [0.25, 0.3) is 0 Å². The highest BCUT2D eigenvalue weighted by Gasteiger charge is 2.15. The van der Waals surface area contributed by atoms with Crippen LogP contribution in [-0.2, 0) is 12.8 Å². The van der Waals surface area contributed by atoms with Crippen molar-refractivity contribution in [3.63, 3.8) is 0 Å². The maximum Gasteiger partial charge on any atom is 0.273 e. The summed E-state index contributed by atoms with van der Waals surface area (Å²) in [5.41, 5.74) is 7.16. The lowest BCUT2D eigenvalue weighted by Gasteiger charge is -2.01. The fourth-order valence-electron chi connectivity index (χ4n) is 1.50. The van der Waals surface area contributed by atoms with E-state index in [0.717, 1.165) is 5.69 Å². The van der Waals surface area contributed by atoms with Crippen molar-refractivity contribution < 1.29 is 9.32 Å². The Kier molecular flexibility index (Phi) is 3.56. The number of nitrogens with two attached hydrogens (primary N) is 1. The second-order valence-electron chi connectivity index (χ2n) is 3.66. The molecular weight excluding hydrogens is 236 g/mol. The number of aromatic nitrogens is 4. The molecule has 0 aliphatic carbocycles. The van der Waals surface area contributed by atoms with Crippen molar-refractivity contribution >= 4 is 11.6 Å². The monoisotopic (exact) mass is 250 g/mol. The number of anilines is 1. The number of hydrogen-bond donors (Lipinski definition) is 3. The fourth-order valence-corrected chi connectivity index (χ4v) is 1.50. The minimum absolute atomic E-state index is 0.220. The number of nitrogen functional groups attached to an aromatic ring is 1. The average molecular weight is 250 g/mol. The topological polar surface area (TPSA) is 123 Å². The summed E-state index contributed by atoms with van der Waals surface area (Å²) in [7, 11) is 0. The average Bonchev–Trinajstić information content (AvgIpc) is 2.98. The van der Waals surface area contributed by atoms with Gasteiger partial charge < -0.3 is 15.6 Å². The Hall–Kier alpha value is -2.38. The fraction of sp³-hybridized carbons (Fsp3) is 0.400. The SMILES string of the molecule is CCc1[nH]nc(C(=O)NCCc2ncno2)c1N. The highest BCUT2D eigenvalue weighted by molar-refractivity contribution is 5.97. The van der Waals surface area contributed by atoms with E-state index in [9.17, 15) is 4.79 Å². The van der Waals surface area contributed by atoms with Gasteiger partial charge in [-0.2, -0.15) is 10.1 Å². The first kappa shape index (κ1) is 12.1. The van der Waals surface area contributed by atoms with Gasteiger partial charge in [-0.05, 0) is 6.42 Å². The summed E-state index contributed by atoms with van der Waals surface area (Å²) in [4.78, 5) is 15.6. The molecule has 18 heavy (non-hydrogen) atoms. The van der Waals surface area contributed by atoms with Gasteiger partial charge in [-0.1, -0.05) is 12.1 Å². The van der Waals surface area contributed by atoms with E-state index >= 15 is 0 Å². The van der Waals surface area contributed by atoms with Crippen molar-refractivity contribution in [2.75, 3.05) is 12.3 Å². The molecule has 0 aromatic carbocycles. The number of amides is 1. The smallest absolute Gasteiger partial charge is 0.273 e. The molecule has 2 rings (SSSR count). The Morgan fingerprint density at radius 3 is 3.06 bits per heavy atom. The Bertz CT molecular complexity index is 518. The minimum Gasteiger partial charge on any atom is -0.395 e. The van der Waals surface area contributed by atoms with E-state index in [0.29, 0.717) is 31.0 Å². The predicted molar refractivity (Wildman–Crippen MR) is 62.7 cm³/mol. The van der Waals surface area contributed by atoms with Crippen LogP contribution in [0.15, 0.2) is 10.9 Å². The van der Waals surface area contributed by atoms with Crippen molar-refractivity contribution in [1.82, 2.24) is 25.7 Å². The van der Waals surface area contributed by atoms with Gasteiger partial charge in [0.1, 0.15) is 0 Å². The first-order valence-corrected chi connectivity index (χ1v) is 5.58. The zero-order chi connectivity index (χ0) is 13.0. The molecule has 2 aromatic heterocycles. The number of H-pyrrole nitrogens is 1. The number of nitrogens with one attached hydrogen (secondary N) is 2. The Balaban J connectivity index is 1.89. The standard InChI is InChI=1S/C10H14N6O2/c1-2-6-8(11)9(16-15-6)10(17)12-4-3-7-13-5-14-18-7/h5H,2-4,11H2,1H3,(H,12,17)(H,15,16). The molecule has 0 bridgehead atoms. The molecule has 4 N–H and O–H groups in total. The molecule has 8 heteroatoms. The third-order valence-electron chi connectivity index (χ3n) is 2.48. The summed E-state index contributed by atoms with van der Waals surface area (Å²) in [5, 5.41) is 12.8. The summed E-state index contributed by atoms with van der Waals surface area (Å²) < 4.78 is 4.81. The Morgan fingerprint density at radius 1 is 1.61 bits per heavy atom. The van der Waals surface area contributed by atoms with Crippen LogP contribution in [0.1, 0.15) is 29.0 Å². The summed E-state index contributed by atoms with van der Waals surface area (Å²) in [6.07, 6.45) is 2.49. The lowest BCUT2D eigenvalue weighted by molar-refractivity contribution is 0.0949. The second-order valence-corrected chi connectivity index (χ2v) is 3.66. The van der Waals surface area contributed by atoms with Gasteiger partial charge in [-0.25, -0.2) is 0 Å². The number of aryl methyl sites for hydroxylation is 1. The molecule has 96 valence electrons. The molecular formula is C10H14N6O2. The van der Waals surface area contributed by atoms with Gasteiger partial charge in [0.2, 0.25) is 5.89 Å². The maximum absolute atomic E-state index is 11.8. The van der Waals surface area contributed by atoms with Crippen LogP contribution in [0.4, 0.5) is 5.69 Å². The van der Waals surface area contributed by atoms with Gasteiger partial charge in [-0.3, -0.25) is 9.89 Å². The zero-order valence-corrected chi connectivity index (χ0v) is 9.93. The van der Waals surface area contributed by atoms with Gasteiger partial charge in [0, 0.05) is 13.0 Å². The maximum atomic E-state index is 11.8. The van der Waals surface area contributed by atoms with E-state index in [1.807, 2.05) is 6.92 Å². The van der Waals surface area contributed by atoms with Crippen molar-refractivity contribution in [2.24, 2.45) is 0 Å². The number of hydrogen-bond acceptors (Lipinski definition) is 6. The molecule has 8 nitrogen and oxygen atoms in total. The summed E-state index contributed by atoms with van der Waals surface area (Å²) >= 11 is 0. The number of rotatable bonds is 5. The number of aromatic amines is 1. The molecule has 0 aliphatic rings. The van der Waals surface area contributed by atoms with Crippen molar-refractivity contribution in [2.45, 2.75) is 19.8 Å². The Morgan fingerprint density at radius 2 is 2.44 bits per heavy atom. The van der Waals surface area contributed by atoms with Crippen LogP contribution in [0.5, 0.6) is 0 Å². The van der Waals surface area contributed by atoms with E-state index in [4.69, 9.17) is 10.3 Å². The van der Waals surface area contributed by atoms with Crippen LogP contribution in [0.2, 0.25) is 0 Å². The third-order valence-corrected chi connectivity index (χ3v) is 2.48. The molecule has 1 amide bonds. The van der Waals surface area contributed by atoms with E-state index < -0.39 is 0 Å². The van der Waals surface area contributed by atoms with Crippen molar-refractivity contribution in [3.05, 3.63) is 23.6 Å². The van der Waals surface area contributed by atoms with Crippen molar-refractivity contribution in [1.29, 1.82) is 0 Å². The Labute approximate surface area is 103 Å². The van der Waals surface area contributed by atoms with Crippen LogP contribution in [0.3, 0.4) is 0 Å². The second kappa shape index (κ2) is 5.30. The molecule has 0 aliphatic heterocycles. The summed E-state index contributed by atoms with van der Waals surface area (Å²) in [6, 6.07) is 0. The van der Waals surface area contributed by atoms with Crippen LogP contribution < -0.4 is 11.1 Å². The third kappa shape index (κ3) is 2.47. The quantitative estimate of drug-likeness (QED) is 0.681. The predicted octanol–water partition coefficient (Wildman–Crippen LogP) is -0.0902. The van der Waals surface area contributed by atoms with E-state index in [1.165, 1.54) is 6.33 Å². The first-order chi connectivity index (χ1) is 8.72.